The summed E-state index contributed by atoms with van der Waals surface area (Å²) in [6.45, 7) is 2.31. The molecule has 106 valence electrons. The Hall–Kier alpha value is -2.87. The highest BCUT2D eigenvalue weighted by molar-refractivity contribution is 6.01. The van der Waals surface area contributed by atoms with Crippen molar-refractivity contribution < 1.29 is 4.79 Å². The van der Waals surface area contributed by atoms with Gasteiger partial charge in [-0.1, -0.05) is 30.3 Å². The topological polar surface area (TPSA) is 70.7 Å². The zero-order chi connectivity index (χ0) is 15.1. The summed E-state index contributed by atoms with van der Waals surface area (Å²) in [5.74, 6) is 0.377. The van der Waals surface area contributed by atoms with Crippen molar-refractivity contribution in [2.75, 3.05) is 5.32 Å². The molecule has 0 atom stereocenters. The molecule has 0 spiro atoms. The first-order valence-corrected chi connectivity index (χ1v) is 6.64. The van der Waals surface area contributed by atoms with E-state index in [4.69, 9.17) is 5.26 Å². The maximum atomic E-state index is 11.9. The zero-order valence-electron chi connectivity index (χ0n) is 11.8. The number of hydrogen-bond acceptors (Lipinski definition) is 3. The second-order valence-corrected chi connectivity index (χ2v) is 4.54. The Morgan fingerprint density at radius 3 is 2.90 bits per heavy atom. The van der Waals surface area contributed by atoms with Gasteiger partial charge in [0.15, 0.2) is 0 Å². The van der Waals surface area contributed by atoms with Crippen LogP contribution in [0, 0.1) is 18.3 Å². The Morgan fingerprint density at radius 1 is 1.43 bits per heavy atom. The number of aryl methyl sites for hydroxylation is 2. The monoisotopic (exact) mass is 280 g/mol. The van der Waals surface area contributed by atoms with Gasteiger partial charge in [-0.05, 0) is 18.6 Å². The second kappa shape index (κ2) is 7.06. The summed E-state index contributed by atoms with van der Waals surface area (Å²) in [4.78, 5) is 11.9. The lowest BCUT2D eigenvalue weighted by molar-refractivity contribution is -0.111. The first-order chi connectivity index (χ1) is 10.2. The highest BCUT2D eigenvalue weighted by atomic mass is 16.1. The Labute approximate surface area is 123 Å². The van der Waals surface area contributed by atoms with Crippen LogP contribution in [0.3, 0.4) is 0 Å². The standard InChI is InChI=1S/C16H16N4O/c1-13-12-15(20(19-13)11-5-10-17)18-16(21)9-8-14-6-3-2-4-7-14/h2-4,6-9,12H,5,11H2,1H3,(H,18,21). The lowest BCUT2D eigenvalue weighted by Gasteiger charge is -2.05. The molecule has 0 saturated carbocycles. The number of hydrogen-bond donors (Lipinski definition) is 1. The van der Waals surface area contributed by atoms with Gasteiger partial charge in [-0.25, -0.2) is 4.68 Å². The van der Waals surface area contributed by atoms with E-state index in [-0.39, 0.29) is 5.91 Å². The number of aromatic nitrogens is 2. The summed E-state index contributed by atoms with van der Waals surface area (Å²) in [5, 5.41) is 15.6. The highest BCUT2D eigenvalue weighted by Gasteiger charge is 2.07. The van der Waals surface area contributed by atoms with Gasteiger partial charge in [-0.3, -0.25) is 4.79 Å². The molecule has 0 unspecified atom stereocenters. The summed E-state index contributed by atoms with van der Waals surface area (Å²) in [5.41, 5.74) is 1.76. The van der Waals surface area contributed by atoms with Crippen LogP contribution in [0.2, 0.25) is 0 Å². The van der Waals surface area contributed by atoms with E-state index in [9.17, 15) is 4.79 Å². The average molecular weight is 280 g/mol. The molecule has 1 aromatic carbocycles. The van der Waals surface area contributed by atoms with Crippen molar-refractivity contribution in [2.24, 2.45) is 0 Å². The third kappa shape index (κ3) is 4.32. The molecule has 0 saturated heterocycles. The summed E-state index contributed by atoms with van der Waals surface area (Å²) in [6.07, 6.45) is 3.58. The molecule has 2 aromatic rings. The quantitative estimate of drug-likeness (QED) is 0.856. The molecule has 0 fully saturated rings. The predicted molar refractivity (Wildman–Crippen MR) is 81.3 cm³/mol. The molecule has 0 radical (unpaired) electrons. The van der Waals surface area contributed by atoms with Crippen LogP contribution in [0.15, 0.2) is 42.5 Å². The Balaban J connectivity index is 2.03. The number of nitrogens with one attached hydrogen (secondary N) is 1. The summed E-state index contributed by atoms with van der Waals surface area (Å²) < 4.78 is 1.63. The van der Waals surface area contributed by atoms with Crippen molar-refractivity contribution in [3.63, 3.8) is 0 Å². The first-order valence-electron chi connectivity index (χ1n) is 6.64. The SMILES string of the molecule is Cc1cc(NC(=O)C=Cc2ccccc2)n(CCC#N)n1. The summed E-state index contributed by atoms with van der Waals surface area (Å²) >= 11 is 0. The maximum Gasteiger partial charge on any atom is 0.249 e. The molecule has 0 aliphatic rings. The minimum absolute atomic E-state index is 0.225. The van der Waals surface area contributed by atoms with Crippen molar-refractivity contribution in [2.45, 2.75) is 19.9 Å². The number of nitrogens with zero attached hydrogens (tertiary/aromatic N) is 3. The van der Waals surface area contributed by atoms with Gasteiger partial charge in [-0.15, -0.1) is 0 Å². The second-order valence-electron chi connectivity index (χ2n) is 4.54. The zero-order valence-corrected chi connectivity index (χ0v) is 11.8. The molecule has 0 aliphatic carbocycles. The molecule has 2 rings (SSSR count). The molecular formula is C16H16N4O. The van der Waals surface area contributed by atoms with Gasteiger partial charge in [-0.2, -0.15) is 10.4 Å². The lowest BCUT2D eigenvalue weighted by Crippen LogP contribution is -2.13. The number of nitriles is 1. The third-order valence-electron chi connectivity index (χ3n) is 2.82. The van der Waals surface area contributed by atoms with Crippen molar-refractivity contribution in [1.29, 1.82) is 5.26 Å². The van der Waals surface area contributed by atoms with Crippen LogP contribution in [-0.4, -0.2) is 15.7 Å². The fraction of sp³-hybridized carbons (Fsp3) is 0.188. The number of carbonyl (C=O) groups excluding carboxylic acids is 1. The highest BCUT2D eigenvalue weighted by Crippen LogP contribution is 2.11. The molecule has 5 heteroatoms. The van der Waals surface area contributed by atoms with E-state index >= 15 is 0 Å². The molecular weight excluding hydrogens is 264 g/mol. The fourth-order valence-corrected chi connectivity index (χ4v) is 1.88. The van der Waals surface area contributed by atoms with Crippen molar-refractivity contribution in [1.82, 2.24) is 9.78 Å². The van der Waals surface area contributed by atoms with Gasteiger partial charge >= 0.3 is 0 Å². The molecule has 5 nitrogen and oxygen atoms in total. The molecule has 21 heavy (non-hydrogen) atoms. The first kappa shape index (κ1) is 14.5. The normalized spacial score (nSPS) is 10.5. The minimum atomic E-state index is -0.225. The van der Waals surface area contributed by atoms with Crippen LogP contribution in [0.4, 0.5) is 5.82 Å². The van der Waals surface area contributed by atoms with Crippen LogP contribution in [0.5, 0.6) is 0 Å². The Bertz CT molecular complexity index is 680. The van der Waals surface area contributed by atoms with E-state index in [2.05, 4.69) is 16.5 Å². The molecule has 0 aliphatic heterocycles. The fourth-order valence-electron chi connectivity index (χ4n) is 1.88. The smallest absolute Gasteiger partial charge is 0.249 e. The Kier molecular flexibility index (Phi) is 4.89. The van der Waals surface area contributed by atoms with Gasteiger partial charge in [0, 0.05) is 12.1 Å². The van der Waals surface area contributed by atoms with Crippen LogP contribution in [-0.2, 0) is 11.3 Å². The number of anilines is 1. The van der Waals surface area contributed by atoms with Crippen molar-refractivity contribution >= 4 is 17.8 Å². The summed E-state index contributed by atoms with van der Waals surface area (Å²) in [6, 6.07) is 13.4. The largest absolute Gasteiger partial charge is 0.307 e. The van der Waals surface area contributed by atoms with Crippen LogP contribution in [0.25, 0.3) is 6.08 Å². The van der Waals surface area contributed by atoms with E-state index < -0.39 is 0 Å². The molecule has 1 N–H and O–H groups in total. The van der Waals surface area contributed by atoms with Crippen LogP contribution >= 0.6 is 0 Å². The number of benzene rings is 1. The van der Waals surface area contributed by atoms with Crippen molar-refractivity contribution in [3.05, 3.63) is 53.7 Å². The maximum absolute atomic E-state index is 11.9. The van der Waals surface area contributed by atoms with Gasteiger partial charge in [0.05, 0.1) is 24.7 Å². The lowest BCUT2D eigenvalue weighted by atomic mass is 10.2. The number of amides is 1. The third-order valence-corrected chi connectivity index (χ3v) is 2.82. The molecule has 0 bridgehead atoms. The van der Waals surface area contributed by atoms with Crippen molar-refractivity contribution in [3.8, 4) is 6.07 Å². The van der Waals surface area contributed by atoms with E-state index in [1.54, 1.807) is 16.8 Å². The van der Waals surface area contributed by atoms with Crippen LogP contribution < -0.4 is 5.32 Å². The van der Waals surface area contributed by atoms with Gasteiger partial charge in [0.1, 0.15) is 5.82 Å². The summed E-state index contributed by atoms with van der Waals surface area (Å²) in [7, 11) is 0. The Morgan fingerprint density at radius 2 is 2.19 bits per heavy atom. The van der Waals surface area contributed by atoms with Crippen LogP contribution in [0.1, 0.15) is 17.7 Å². The van der Waals surface area contributed by atoms with E-state index in [1.165, 1.54) is 6.08 Å². The number of rotatable bonds is 5. The van der Waals surface area contributed by atoms with Gasteiger partial charge in [0.2, 0.25) is 5.91 Å². The van der Waals surface area contributed by atoms with E-state index in [0.29, 0.717) is 18.8 Å². The molecule has 1 amide bonds. The molecule has 1 heterocycles. The average Bonchev–Trinajstić information content (AvgIpc) is 2.83. The van der Waals surface area contributed by atoms with Gasteiger partial charge < -0.3 is 5.32 Å². The minimum Gasteiger partial charge on any atom is -0.307 e. The number of carbonyl (C=O) groups is 1. The van der Waals surface area contributed by atoms with E-state index in [1.807, 2.05) is 37.3 Å². The molecule has 1 aromatic heterocycles. The van der Waals surface area contributed by atoms with Gasteiger partial charge in [0.25, 0.3) is 0 Å². The van der Waals surface area contributed by atoms with E-state index in [0.717, 1.165) is 11.3 Å². The predicted octanol–water partition coefficient (Wildman–Crippen LogP) is 2.76.